The van der Waals surface area contributed by atoms with Gasteiger partial charge >= 0.3 is 0 Å². The summed E-state index contributed by atoms with van der Waals surface area (Å²) in [4.78, 5) is 0. The highest BCUT2D eigenvalue weighted by Crippen LogP contribution is 2.34. The minimum atomic E-state index is 0.142. The fourth-order valence-electron chi connectivity index (χ4n) is 2.33. The minimum absolute atomic E-state index is 0.142. The summed E-state index contributed by atoms with van der Waals surface area (Å²) in [6.07, 6.45) is 6.27. The van der Waals surface area contributed by atoms with Crippen LogP contribution in [0.2, 0.25) is 0 Å². The Hall–Kier alpha value is -0.0800. The number of fused-ring (bicyclic) bond motifs is 2. The van der Waals surface area contributed by atoms with E-state index in [0.717, 1.165) is 6.04 Å². The predicted molar refractivity (Wildman–Crippen MR) is 39.8 cm³/mol. The van der Waals surface area contributed by atoms with Gasteiger partial charge in [0.15, 0.2) is 0 Å². The first-order valence-corrected chi connectivity index (χ1v) is 4.23. The summed E-state index contributed by atoms with van der Waals surface area (Å²) in [6, 6.07) is 0.723. The van der Waals surface area contributed by atoms with Gasteiger partial charge in [-0.05, 0) is 32.1 Å². The van der Waals surface area contributed by atoms with Gasteiger partial charge in [-0.1, -0.05) is 0 Å². The molecule has 2 rings (SSSR count). The van der Waals surface area contributed by atoms with Gasteiger partial charge in [-0.15, -0.1) is 0 Å². The van der Waals surface area contributed by atoms with Crippen molar-refractivity contribution in [1.29, 1.82) is 0 Å². The molecule has 2 saturated heterocycles. The van der Waals surface area contributed by atoms with Crippen molar-refractivity contribution in [2.24, 2.45) is 0 Å². The Labute approximate surface area is 61.6 Å². The quantitative estimate of drug-likeness (QED) is 0.562. The second kappa shape index (κ2) is 2.21. The Kier molecular flexibility index (Phi) is 1.46. The van der Waals surface area contributed by atoms with Crippen molar-refractivity contribution >= 4 is 0 Å². The maximum absolute atomic E-state index is 9.11. The summed E-state index contributed by atoms with van der Waals surface area (Å²) >= 11 is 0. The molecule has 0 spiro atoms. The van der Waals surface area contributed by atoms with Crippen molar-refractivity contribution in [3.8, 4) is 0 Å². The van der Waals surface area contributed by atoms with Crippen LogP contribution in [-0.2, 0) is 0 Å². The Morgan fingerprint density at radius 2 is 2.30 bits per heavy atom. The van der Waals surface area contributed by atoms with Crippen LogP contribution in [0.3, 0.4) is 0 Å². The van der Waals surface area contributed by atoms with Crippen molar-refractivity contribution in [2.75, 3.05) is 6.61 Å². The van der Waals surface area contributed by atoms with Gasteiger partial charge in [0.25, 0.3) is 0 Å². The van der Waals surface area contributed by atoms with E-state index in [2.05, 4.69) is 5.32 Å². The standard InChI is InChI=1S/C8H15NO/c10-6-8-4-1-2-7(9-8)3-5-8/h7,9-10H,1-6H2. The fourth-order valence-corrected chi connectivity index (χ4v) is 2.33. The zero-order valence-electron chi connectivity index (χ0n) is 6.27. The van der Waals surface area contributed by atoms with E-state index >= 15 is 0 Å². The lowest BCUT2D eigenvalue weighted by atomic mass is 9.92. The van der Waals surface area contributed by atoms with E-state index < -0.39 is 0 Å². The van der Waals surface area contributed by atoms with Crippen molar-refractivity contribution in [3.63, 3.8) is 0 Å². The first-order chi connectivity index (χ1) is 4.85. The molecular weight excluding hydrogens is 126 g/mol. The van der Waals surface area contributed by atoms with E-state index in [1.807, 2.05) is 0 Å². The number of hydrogen-bond acceptors (Lipinski definition) is 2. The molecule has 10 heavy (non-hydrogen) atoms. The molecule has 2 unspecified atom stereocenters. The van der Waals surface area contributed by atoms with Crippen molar-refractivity contribution in [1.82, 2.24) is 5.32 Å². The number of nitrogens with one attached hydrogen (secondary N) is 1. The monoisotopic (exact) mass is 141 g/mol. The summed E-state index contributed by atoms with van der Waals surface area (Å²) in [7, 11) is 0. The van der Waals surface area contributed by atoms with Crippen LogP contribution in [0.5, 0.6) is 0 Å². The lowest BCUT2D eigenvalue weighted by Gasteiger charge is -2.32. The summed E-state index contributed by atoms with van der Waals surface area (Å²) in [6.45, 7) is 0.337. The maximum atomic E-state index is 9.11. The molecule has 58 valence electrons. The first-order valence-electron chi connectivity index (χ1n) is 4.23. The highest BCUT2D eigenvalue weighted by molar-refractivity contribution is 5.00. The second-order valence-corrected chi connectivity index (χ2v) is 3.71. The van der Waals surface area contributed by atoms with Gasteiger partial charge in [0.2, 0.25) is 0 Å². The molecule has 0 radical (unpaired) electrons. The lowest BCUT2D eigenvalue weighted by molar-refractivity contribution is 0.146. The molecule has 0 amide bonds. The molecule has 2 heterocycles. The van der Waals surface area contributed by atoms with Crippen LogP contribution in [0.15, 0.2) is 0 Å². The Bertz CT molecular complexity index is 133. The normalized spacial score (nSPS) is 45.9. The minimum Gasteiger partial charge on any atom is -0.394 e. The number of aliphatic hydroxyl groups is 1. The number of piperidine rings is 1. The molecule has 2 aliphatic rings. The maximum Gasteiger partial charge on any atom is 0.0613 e. The van der Waals surface area contributed by atoms with E-state index in [0.29, 0.717) is 6.61 Å². The molecule has 2 N–H and O–H groups in total. The Balaban J connectivity index is 2.10. The van der Waals surface area contributed by atoms with E-state index in [-0.39, 0.29) is 5.54 Å². The van der Waals surface area contributed by atoms with Crippen LogP contribution in [0.1, 0.15) is 32.1 Å². The Morgan fingerprint density at radius 1 is 1.40 bits per heavy atom. The van der Waals surface area contributed by atoms with Crippen molar-refractivity contribution in [3.05, 3.63) is 0 Å². The van der Waals surface area contributed by atoms with Crippen LogP contribution in [-0.4, -0.2) is 23.3 Å². The third kappa shape index (κ3) is 0.867. The average molecular weight is 141 g/mol. The van der Waals surface area contributed by atoms with Crippen LogP contribution in [0, 0.1) is 0 Å². The van der Waals surface area contributed by atoms with E-state index in [1.54, 1.807) is 0 Å². The van der Waals surface area contributed by atoms with Gasteiger partial charge < -0.3 is 10.4 Å². The van der Waals surface area contributed by atoms with E-state index in [1.165, 1.54) is 32.1 Å². The average Bonchev–Trinajstić information content (AvgIpc) is 2.29. The van der Waals surface area contributed by atoms with Crippen LogP contribution in [0.4, 0.5) is 0 Å². The van der Waals surface area contributed by atoms with Gasteiger partial charge in [-0.3, -0.25) is 0 Å². The molecule has 0 aromatic heterocycles. The molecule has 2 atom stereocenters. The third-order valence-corrected chi connectivity index (χ3v) is 2.99. The number of aliphatic hydroxyl groups excluding tert-OH is 1. The molecule has 2 nitrogen and oxygen atoms in total. The van der Waals surface area contributed by atoms with E-state index in [9.17, 15) is 0 Å². The summed E-state index contributed by atoms with van der Waals surface area (Å²) in [5, 5.41) is 12.6. The molecule has 2 fully saturated rings. The number of hydrogen-bond donors (Lipinski definition) is 2. The molecule has 0 saturated carbocycles. The van der Waals surface area contributed by atoms with Gasteiger partial charge in [0.1, 0.15) is 0 Å². The van der Waals surface area contributed by atoms with Gasteiger partial charge in [0, 0.05) is 11.6 Å². The zero-order valence-corrected chi connectivity index (χ0v) is 6.27. The Morgan fingerprint density at radius 3 is 3.00 bits per heavy atom. The van der Waals surface area contributed by atoms with Gasteiger partial charge in [-0.2, -0.15) is 0 Å². The molecule has 2 aliphatic heterocycles. The molecular formula is C8H15NO. The molecule has 0 aliphatic carbocycles. The largest absolute Gasteiger partial charge is 0.394 e. The van der Waals surface area contributed by atoms with Crippen molar-refractivity contribution < 1.29 is 5.11 Å². The highest BCUT2D eigenvalue weighted by Gasteiger charge is 2.40. The lowest BCUT2D eigenvalue weighted by Crippen LogP contribution is -2.49. The predicted octanol–water partition coefficient (Wildman–Crippen LogP) is 0.653. The van der Waals surface area contributed by atoms with E-state index in [4.69, 9.17) is 5.11 Å². The van der Waals surface area contributed by atoms with Crippen LogP contribution >= 0.6 is 0 Å². The second-order valence-electron chi connectivity index (χ2n) is 3.71. The van der Waals surface area contributed by atoms with Gasteiger partial charge in [-0.25, -0.2) is 0 Å². The SMILES string of the molecule is OCC12CCCC(CC1)N2. The highest BCUT2D eigenvalue weighted by atomic mass is 16.3. The topological polar surface area (TPSA) is 32.3 Å². The molecule has 0 aromatic rings. The first kappa shape index (κ1) is 6.62. The summed E-state index contributed by atoms with van der Waals surface area (Å²) < 4.78 is 0. The molecule has 2 bridgehead atoms. The fraction of sp³-hybridized carbons (Fsp3) is 1.00. The molecule has 0 aromatic carbocycles. The zero-order chi connectivity index (χ0) is 7.03. The summed E-state index contributed by atoms with van der Waals surface area (Å²) in [5.41, 5.74) is 0.142. The van der Waals surface area contributed by atoms with Gasteiger partial charge in [0.05, 0.1) is 6.61 Å². The number of rotatable bonds is 1. The summed E-state index contributed by atoms with van der Waals surface area (Å²) in [5.74, 6) is 0. The van der Waals surface area contributed by atoms with Crippen LogP contribution < -0.4 is 5.32 Å². The van der Waals surface area contributed by atoms with Crippen LogP contribution in [0.25, 0.3) is 0 Å². The smallest absolute Gasteiger partial charge is 0.0613 e. The molecule has 2 heteroatoms. The third-order valence-electron chi connectivity index (χ3n) is 2.99. The van der Waals surface area contributed by atoms with Crippen molar-refractivity contribution in [2.45, 2.75) is 43.7 Å².